The van der Waals surface area contributed by atoms with Crippen LogP contribution < -0.4 is 16.4 Å². The molecular weight excluding hydrogens is 436 g/mol. The van der Waals surface area contributed by atoms with Crippen LogP contribution in [0.2, 0.25) is 0 Å². The summed E-state index contributed by atoms with van der Waals surface area (Å²) in [5.74, 6) is -1.55. The number of nitrogen functional groups attached to an aromatic ring is 1. The molecule has 174 valence electrons. The number of benzene rings is 3. The van der Waals surface area contributed by atoms with Crippen molar-refractivity contribution in [1.82, 2.24) is 5.32 Å². The predicted octanol–water partition coefficient (Wildman–Crippen LogP) is 3.01. The van der Waals surface area contributed by atoms with Gasteiger partial charge in [0.15, 0.2) is 6.79 Å². The predicted molar refractivity (Wildman–Crippen MR) is 128 cm³/mol. The monoisotopic (exact) mass is 460 g/mol. The smallest absolute Gasteiger partial charge is 0.340 e. The van der Waals surface area contributed by atoms with Crippen LogP contribution in [0.25, 0.3) is 11.1 Å². The molecule has 3 aromatic rings. The molecule has 0 bridgehead atoms. The van der Waals surface area contributed by atoms with E-state index in [4.69, 9.17) is 20.6 Å². The van der Waals surface area contributed by atoms with Crippen LogP contribution in [0.4, 0.5) is 5.69 Å². The van der Waals surface area contributed by atoms with E-state index in [0.717, 1.165) is 0 Å². The Balaban J connectivity index is 2.06. The first-order chi connectivity index (χ1) is 16.3. The molecule has 0 saturated carbocycles. The molecule has 0 unspecified atom stereocenters. The van der Waals surface area contributed by atoms with Crippen molar-refractivity contribution in [1.29, 1.82) is 5.41 Å². The van der Waals surface area contributed by atoms with Gasteiger partial charge in [0.2, 0.25) is 0 Å². The van der Waals surface area contributed by atoms with Gasteiger partial charge in [-0.15, -0.1) is 0 Å². The van der Waals surface area contributed by atoms with Crippen LogP contribution in [0.1, 0.15) is 36.6 Å². The third kappa shape index (κ3) is 5.45. The summed E-state index contributed by atoms with van der Waals surface area (Å²) >= 11 is 0. The van der Waals surface area contributed by atoms with Crippen LogP contribution in [-0.2, 0) is 9.47 Å². The van der Waals surface area contributed by atoms with Gasteiger partial charge >= 0.3 is 5.97 Å². The first-order valence-corrected chi connectivity index (χ1v) is 10.2. The first-order valence-electron chi connectivity index (χ1n) is 10.2. The molecule has 0 heterocycles. The highest BCUT2D eigenvalue weighted by Crippen LogP contribution is 2.29. The molecule has 5 N–H and O–H groups in total. The number of hydrogen-bond acceptors (Lipinski definition) is 6. The van der Waals surface area contributed by atoms with E-state index in [1.54, 1.807) is 60.7 Å². The van der Waals surface area contributed by atoms with Gasteiger partial charge in [-0.3, -0.25) is 15.0 Å². The lowest BCUT2D eigenvalue weighted by molar-refractivity contribution is -0.0124. The number of amides is 2. The van der Waals surface area contributed by atoms with Gasteiger partial charge < -0.3 is 25.8 Å². The zero-order chi connectivity index (χ0) is 24.7. The fourth-order valence-corrected chi connectivity index (χ4v) is 3.27. The van der Waals surface area contributed by atoms with Crippen LogP contribution in [0.5, 0.6) is 0 Å². The zero-order valence-corrected chi connectivity index (χ0v) is 18.7. The molecule has 3 aromatic carbocycles. The Hall–Kier alpha value is -4.50. The third-order valence-electron chi connectivity index (χ3n) is 4.95. The van der Waals surface area contributed by atoms with Gasteiger partial charge in [-0.25, -0.2) is 4.79 Å². The summed E-state index contributed by atoms with van der Waals surface area (Å²) in [6.45, 7) is -0.216. The van der Waals surface area contributed by atoms with E-state index in [1.807, 2.05) is 0 Å². The zero-order valence-electron chi connectivity index (χ0n) is 18.7. The van der Waals surface area contributed by atoms with Crippen molar-refractivity contribution in [2.75, 3.05) is 26.3 Å². The molecule has 9 heteroatoms. The van der Waals surface area contributed by atoms with Crippen molar-refractivity contribution in [3.8, 4) is 11.1 Å². The van der Waals surface area contributed by atoms with E-state index in [0.29, 0.717) is 22.4 Å². The van der Waals surface area contributed by atoms with Gasteiger partial charge in [0.1, 0.15) is 5.84 Å². The van der Waals surface area contributed by atoms with Crippen LogP contribution in [-0.4, -0.2) is 44.6 Å². The molecule has 3 rings (SSSR count). The topological polar surface area (TPSA) is 144 Å². The van der Waals surface area contributed by atoms with E-state index >= 15 is 0 Å². The summed E-state index contributed by atoms with van der Waals surface area (Å²) in [4.78, 5) is 38.1. The number of carbonyl (C=O) groups excluding carboxylic acids is 3. The molecule has 34 heavy (non-hydrogen) atoms. The number of amidine groups is 1. The lowest BCUT2D eigenvalue weighted by atomic mass is 9.93. The molecular formula is C25H24N4O5. The maximum Gasteiger partial charge on any atom is 0.340 e. The molecule has 0 spiro atoms. The molecule has 0 fully saturated rings. The number of methoxy groups -OCH3 is 1. The van der Waals surface area contributed by atoms with Gasteiger partial charge in [0.25, 0.3) is 11.8 Å². The lowest BCUT2D eigenvalue weighted by Gasteiger charge is -2.15. The van der Waals surface area contributed by atoms with Gasteiger partial charge in [-0.2, -0.15) is 0 Å². The highest BCUT2D eigenvalue weighted by atomic mass is 16.7. The van der Waals surface area contributed by atoms with Crippen molar-refractivity contribution in [2.45, 2.75) is 0 Å². The minimum absolute atomic E-state index is 0.0876. The SMILES string of the molecule is CNC(=O)c1ccc(-c2ccccc2C(=O)OCOC)c(C(=O)Nc2ccc(C(=N)N)cc2)c1. The first kappa shape index (κ1) is 24.1. The quantitative estimate of drug-likeness (QED) is 0.176. The largest absolute Gasteiger partial charge is 0.435 e. The summed E-state index contributed by atoms with van der Waals surface area (Å²) < 4.78 is 9.90. The van der Waals surface area contributed by atoms with Crippen molar-refractivity contribution < 1.29 is 23.9 Å². The van der Waals surface area contributed by atoms with E-state index in [2.05, 4.69) is 10.6 Å². The second kappa shape index (κ2) is 10.9. The molecule has 0 radical (unpaired) electrons. The molecule has 0 aliphatic rings. The summed E-state index contributed by atoms with van der Waals surface area (Å²) in [6, 6.07) is 17.8. The highest BCUT2D eigenvalue weighted by Gasteiger charge is 2.21. The normalized spacial score (nSPS) is 10.3. The number of anilines is 1. The molecule has 0 aromatic heterocycles. The number of rotatable bonds is 8. The van der Waals surface area contributed by atoms with Crippen molar-refractivity contribution in [2.24, 2.45) is 5.73 Å². The number of ether oxygens (including phenoxy) is 2. The Morgan fingerprint density at radius 3 is 2.18 bits per heavy atom. The Bertz CT molecular complexity index is 1240. The summed E-state index contributed by atoms with van der Waals surface area (Å²) in [6.07, 6.45) is 0. The van der Waals surface area contributed by atoms with E-state index in [1.165, 1.54) is 20.2 Å². The second-order valence-corrected chi connectivity index (χ2v) is 7.17. The van der Waals surface area contributed by atoms with Crippen LogP contribution in [0.15, 0.2) is 66.7 Å². The van der Waals surface area contributed by atoms with Gasteiger partial charge in [-0.05, 0) is 53.6 Å². The Morgan fingerprint density at radius 2 is 1.53 bits per heavy atom. The number of hydrogen-bond donors (Lipinski definition) is 4. The minimum atomic E-state index is -0.612. The van der Waals surface area contributed by atoms with Crippen LogP contribution in [0, 0.1) is 5.41 Å². The van der Waals surface area contributed by atoms with Gasteiger partial charge in [0.05, 0.1) is 5.56 Å². The van der Waals surface area contributed by atoms with Gasteiger partial charge in [-0.1, -0.05) is 24.3 Å². The summed E-state index contributed by atoms with van der Waals surface area (Å²) in [5.41, 5.74) is 8.08. The average Bonchev–Trinajstić information content (AvgIpc) is 2.86. The maximum absolute atomic E-state index is 13.3. The Labute approximate surface area is 196 Å². The van der Waals surface area contributed by atoms with E-state index in [9.17, 15) is 14.4 Å². The molecule has 0 saturated heterocycles. The van der Waals surface area contributed by atoms with Crippen LogP contribution >= 0.6 is 0 Å². The molecule has 0 aliphatic heterocycles. The second-order valence-electron chi connectivity index (χ2n) is 7.17. The van der Waals surface area contributed by atoms with Crippen molar-refractivity contribution in [3.63, 3.8) is 0 Å². The van der Waals surface area contributed by atoms with E-state index < -0.39 is 11.9 Å². The molecule has 0 aliphatic carbocycles. The highest BCUT2D eigenvalue weighted by molar-refractivity contribution is 6.12. The maximum atomic E-state index is 13.3. The fraction of sp³-hybridized carbons (Fsp3) is 0.120. The average molecular weight is 460 g/mol. The number of esters is 1. The molecule has 9 nitrogen and oxygen atoms in total. The number of nitrogens with one attached hydrogen (secondary N) is 3. The van der Waals surface area contributed by atoms with Crippen molar-refractivity contribution >= 4 is 29.3 Å². The van der Waals surface area contributed by atoms with E-state index in [-0.39, 0.29) is 35.2 Å². The van der Waals surface area contributed by atoms with Crippen LogP contribution in [0.3, 0.4) is 0 Å². The summed E-state index contributed by atoms with van der Waals surface area (Å²) in [5, 5.41) is 12.8. The molecule has 2 amide bonds. The minimum Gasteiger partial charge on any atom is -0.435 e. The summed E-state index contributed by atoms with van der Waals surface area (Å²) in [7, 11) is 2.90. The third-order valence-corrected chi connectivity index (χ3v) is 4.95. The van der Waals surface area contributed by atoms with Crippen molar-refractivity contribution in [3.05, 3.63) is 89.0 Å². The molecule has 0 atom stereocenters. The number of nitrogens with two attached hydrogens (primary N) is 1. The standard InChI is InChI=1S/C25H24N4O5/c1-28-23(30)16-9-12-19(18-5-3-4-6-20(18)25(32)34-14-33-2)21(13-16)24(31)29-17-10-7-15(8-11-17)22(26)27/h3-13H,14H2,1-2H3,(H3,26,27)(H,28,30)(H,29,31). The Morgan fingerprint density at radius 1 is 0.882 bits per heavy atom. The lowest BCUT2D eigenvalue weighted by Crippen LogP contribution is -2.20. The number of carbonyl (C=O) groups is 3. The van der Waals surface area contributed by atoms with Gasteiger partial charge in [0, 0.05) is 36.5 Å². The Kier molecular flexibility index (Phi) is 7.73. The fourth-order valence-electron chi connectivity index (χ4n) is 3.27.